The zero-order valence-electron chi connectivity index (χ0n) is 8.53. The monoisotopic (exact) mass is 212 g/mol. The Bertz CT molecular complexity index is 532. The van der Waals surface area contributed by atoms with Gasteiger partial charge in [-0.1, -0.05) is 0 Å². The van der Waals surface area contributed by atoms with Crippen molar-refractivity contribution in [3.8, 4) is 17.9 Å². The summed E-state index contributed by atoms with van der Waals surface area (Å²) in [6.07, 6.45) is 0. The largest absolute Gasteiger partial charge is 0.497 e. The molecule has 0 saturated heterocycles. The smallest absolute Gasteiger partial charge is 0.170 e. The fourth-order valence-corrected chi connectivity index (χ4v) is 1.43. The molecule has 1 aromatic carbocycles. The first-order chi connectivity index (χ1) is 7.78. The van der Waals surface area contributed by atoms with E-state index in [2.05, 4.69) is 10.6 Å². The zero-order valence-corrected chi connectivity index (χ0v) is 8.53. The van der Waals surface area contributed by atoms with Gasteiger partial charge in [-0.15, -0.1) is 0 Å². The molecular weight excluding hydrogens is 204 g/mol. The minimum absolute atomic E-state index is 0.0233. The fraction of sp³-hybridized carbons (Fsp3) is 0.0909. The first kappa shape index (κ1) is 9.88. The molecule has 0 aromatic heterocycles. The summed E-state index contributed by atoms with van der Waals surface area (Å²) < 4.78 is 5.07. The average Bonchev–Trinajstić information content (AvgIpc) is 2.72. The molecule has 0 saturated carbocycles. The lowest BCUT2D eigenvalue weighted by molar-refractivity contribution is 0.415. The molecule has 0 unspecified atom stereocenters. The van der Waals surface area contributed by atoms with Gasteiger partial charge in [-0.05, 0) is 12.1 Å². The quantitative estimate of drug-likeness (QED) is 0.693. The topological polar surface area (TPSA) is 80.9 Å². The number of nitriles is 2. The van der Waals surface area contributed by atoms with Gasteiger partial charge >= 0.3 is 0 Å². The first-order valence-corrected chi connectivity index (χ1v) is 4.55. The van der Waals surface area contributed by atoms with Crippen molar-refractivity contribution in [2.75, 3.05) is 17.7 Å². The summed E-state index contributed by atoms with van der Waals surface area (Å²) in [6.45, 7) is 0. The Morgan fingerprint density at radius 1 is 1.19 bits per heavy atom. The predicted molar refractivity (Wildman–Crippen MR) is 58.5 cm³/mol. The van der Waals surface area contributed by atoms with Crippen LogP contribution in [-0.4, -0.2) is 7.11 Å². The number of ether oxygens (including phenoxy) is 1. The maximum atomic E-state index is 8.73. The van der Waals surface area contributed by atoms with Gasteiger partial charge in [0.15, 0.2) is 5.57 Å². The van der Waals surface area contributed by atoms with Gasteiger partial charge in [0, 0.05) is 6.07 Å². The molecule has 0 amide bonds. The summed E-state index contributed by atoms with van der Waals surface area (Å²) in [5.41, 5.74) is 1.63. The number of hydrogen-bond donors (Lipinski definition) is 2. The highest BCUT2D eigenvalue weighted by Gasteiger charge is 2.18. The van der Waals surface area contributed by atoms with Crippen LogP contribution in [-0.2, 0) is 0 Å². The molecule has 0 radical (unpaired) electrons. The molecule has 1 aliphatic rings. The van der Waals surface area contributed by atoms with Gasteiger partial charge in [0.2, 0.25) is 0 Å². The summed E-state index contributed by atoms with van der Waals surface area (Å²) in [4.78, 5) is 0. The zero-order chi connectivity index (χ0) is 11.5. The van der Waals surface area contributed by atoms with Crippen LogP contribution in [0.3, 0.4) is 0 Å². The summed E-state index contributed by atoms with van der Waals surface area (Å²) in [5.74, 6) is 1.12. The summed E-state index contributed by atoms with van der Waals surface area (Å²) in [7, 11) is 1.58. The molecule has 2 N–H and O–H groups in total. The second-order valence-corrected chi connectivity index (χ2v) is 3.14. The molecule has 2 rings (SSSR count). The number of allylic oxidation sites excluding steroid dienone is 1. The van der Waals surface area contributed by atoms with Gasteiger partial charge in [0.1, 0.15) is 23.7 Å². The third-order valence-electron chi connectivity index (χ3n) is 2.22. The minimum atomic E-state index is 0.0233. The lowest BCUT2D eigenvalue weighted by atomic mass is 10.2. The fourth-order valence-electron chi connectivity index (χ4n) is 1.43. The van der Waals surface area contributed by atoms with E-state index in [4.69, 9.17) is 15.3 Å². The van der Waals surface area contributed by atoms with Gasteiger partial charge in [0.25, 0.3) is 0 Å². The highest BCUT2D eigenvalue weighted by molar-refractivity contribution is 5.81. The molecular formula is C11H8N4O. The van der Waals surface area contributed by atoms with Gasteiger partial charge in [-0.25, -0.2) is 0 Å². The Morgan fingerprint density at radius 3 is 2.50 bits per heavy atom. The van der Waals surface area contributed by atoms with Crippen molar-refractivity contribution >= 4 is 11.4 Å². The van der Waals surface area contributed by atoms with E-state index in [0.29, 0.717) is 11.6 Å². The second-order valence-electron chi connectivity index (χ2n) is 3.14. The predicted octanol–water partition coefficient (Wildman–Crippen LogP) is 1.79. The molecule has 1 heterocycles. The molecule has 0 spiro atoms. The molecule has 0 aliphatic carbocycles. The van der Waals surface area contributed by atoms with Crippen molar-refractivity contribution in [1.82, 2.24) is 0 Å². The standard InChI is InChI=1S/C11H8N4O/c1-16-8-2-3-9-10(4-8)15-11(14-9)7(5-12)6-13/h2-4,14-15H,1H3. The SMILES string of the molecule is COc1ccc2c(c1)NC(=C(C#N)C#N)N2. The van der Waals surface area contributed by atoms with Crippen LogP contribution < -0.4 is 15.4 Å². The van der Waals surface area contributed by atoms with Crippen LogP contribution in [0.5, 0.6) is 5.75 Å². The van der Waals surface area contributed by atoms with Crippen LogP contribution in [0.15, 0.2) is 29.6 Å². The molecule has 5 heteroatoms. The summed E-state index contributed by atoms with van der Waals surface area (Å²) >= 11 is 0. The summed E-state index contributed by atoms with van der Waals surface area (Å²) in [5, 5.41) is 23.4. The Balaban J connectivity index is 2.39. The minimum Gasteiger partial charge on any atom is -0.497 e. The van der Waals surface area contributed by atoms with Crippen LogP contribution in [0.4, 0.5) is 11.4 Å². The maximum absolute atomic E-state index is 8.73. The van der Waals surface area contributed by atoms with Gasteiger partial charge < -0.3 is 15.4 Å². The molecule has 16 heavy (non-hydrogen) atoms. The molecule has 0 bridgehead atoms. The molecule has 1 aliphatic heterocycles. The maximum Gasteiger partial charge on any atom is 0.170 e. The number of hydrogen-bond acceptors (Lipinski definition) is 5. The van der Waals surface area contributed by atoms with E-state index in [0.717, 1.165) is 11.4 Å². The van der Waals surface area contributed by atoms with E-state index in [1.807, 2.05) is 18.2 Å². The second kappa shape index (κ2) is 3.84. The number of nitrogens with one attached hydrogen (secondary N) is 2. The number of rotatable bonds is 1. The van der Waals surface area contributed by atoms with Crippen molar-refractivity contribution in [3.05, 3.63) is 29.6 Å². The van der Waals surface area contributed by atoms with E-state index in [1.165, 1.54) is 0 Å². The van der Waals surface area contributed by atoms with Crippen molar-refractivity contribution in [3.63, 3.8) is 0 Å². The van der Waals surface area contributed by atoms with E-state index in [1.54, 1.807) is 19.2 Å². The molecule has 5 nitrogen and oxygen atoms in total. The third-order valence-corrected chi connectivity index (χ3v) is 2.22. The molecule has 0 fully saturated rings. The van der Waals surface area contributed by atoms with E-state index in [9.17, 15) is 0 Å². The van der Waals surface area contributed by atoms with Crippen LogP contribution in [0, 0.1) is 22.7 Å². The van der Waals surface area contributed by atoms with Gasteiger partial charge in [-0.2, -0.15) is 10.5 Å². The van der Waals surface area contributed by atoms with Crippen LogP contribution in [0.2, 0.25) is 0 Å². The van der Waals surface area contributed by atoms with E-state index in [-0.39, 0.29) is 5.57 Å². The normalized spacial score (nSPS) is 11.6. The van der Waals surface area contributed by atoms with Crippen LogP contribution in [0.25, 0.3) is 0 Å². The highest BCUT2D eigenvalue weighted by Crippen LogP contribution is 2.34. The molecule has 0 atom stereocenters. The average molecular weight is 212 g/mol. The Morgan fingerprint density at radius 2 is 1.88 bits per heavy atom. The van der Waals surface area contributed by atoms with Crippen LogP contribution in [0.1, 0.15) is 0 Å². The highest BCUT2D eigenvalue weighted by atomic mass is 16.5. The Hall–Kier alpha value is -2.66. The van der Waals surface area contributed by atoms with Crippen LogP contribution >= 0.6 is 0 Å². The summed E-state index contributed by atoms with van der Waals surface area (Å²) in [6, 6.07) is 9.05. The van der Waals surface area contributed by atoms with E-state index >= 15 is 0 Å². The van der Waals surface area contributed by atoms with Crippen molar-refractivity contribution in [2.24, 2.45) is 0 Å². The Labute approximate surface area is 92.6 Å². The first-order valence-electron chi connectivity index (χ1n) is 4.55. The van der Waals surface area contributed by atoms with E-state index < -0.39 is 0 Å². The lowest BCUT2D eigenvalue weighted by Crippen LogP contribution is -2.02. The number of anilines is 2. The Kier molecular flexibility index (Phi) is 2.37. The number of methoxy groups -OCH3 is 1. The molecule has 1 aromatic rings. The third kappa shape index (κ3) is 1.51. The number of benzene rings is 1. The lowest BCUT2D eigenvalue weighted by Gasteiger charge is -2.01. The van der Waals surface area contributed by atoms with Crippen molar-refractivity contribution < 1.29 is 4.74 Å². The number of nitrogens with zero attached hydrogens (tertiary/aromatic N) is 2. The van der Waals surface area contributed by atoms with Crippen molar-refractivity contribution in [2.45, 2.75) is 0 Å². The van der Waals surface area contributed by atoms with Gasteiger partial charge in [0.05, 0.1) is 18.5 Å². The number of fused-ring (bicyclic) bond motifs is 1. The van der Waals surface area contributed by atoms with Crippen molar-refractivity contribution in [1.29, 1.82) is 10.5 Å². The molecule has 78 valence electrons. The van der Waals surface area contributed by atoms with Gasteiger partial charge in [-0.3, -0.25) is 0 Å².